The van der Waals surface area contributed by atoms with E-state index in [2.05, 4.69) is 4.74 Å². The Bertz CT molecular complexity index is 560. The summed E-state index contributed by atoms with van der Waals surface area (Å²) >= 11 is 0. The molecule has 0 aliphatic rings. The van der Waals surface area contributed by atoms with Gasteiger partial charge in [0.05, 0.1) is 29.4 Å². The van der Waals surface area contributed by atoms with Gasteiger partial charge < -0.3 is 4.74 Å². The standard InChI is InChI=1S/C12H8F5NO2/c1-2-20-11(19)9-7(10(13)14)3-6(5-18)4-8(9)12(15,16)17/h3-4,10H,2H2,1H3. The summed E-state index contributed by atoms with van der Waals surface area (Å²) in [6.45, 7) is 1.07. The maximum absolute atomic E-state index is 12.8. The highest BCUT2D eigenvalue weighted by atomic mass is 19.4. The topological polar surface area (TPSA) is 50.1 Å². The number of ether oxygens (including phenoxy) is 1. The van der Waals surface area contributed by atoms with Gasteiger partial charge in [-0.3, -0.25) is 0 Å². The highest BCUT2D eigenvalue weighted by Crippen LogP contribution is 2.37. The summed E-state index contributed by atoms with van der Waals surface area (Å²) in [7, 11) is 0. The van der Waals surface area contributed by atoms with Crippen molar-refractivity contribution in [3.63, 3.8) is 0 Å². The SMILES string of the molecule is CCOC(=O)c1c(C(F)F)cc(C#N)cc1C(F)(F)F. The molecule has 0 saturated heterocycles. The number of rotatable bonds is 3. The molecule has 0 heterocycles. The normalized spacial score (nSPS) is 11.3. The predicted octanol–water partition coefficient (Wildman–Crippen LogP) is 3.69. The van der Waals surface area contributed by atoms with Crippen LogP contribution < -0.4 is 0 Å². The predicted molar refractivity (Wildman–Crippen MR) is 57.1 cm³/mol. The maximum Gasteiger partial charge on any atom is 0.417 e. The minimum absolute atomic E-state index is 0.265. The molecule has 0 N–H and O–H groups in total. The van der Waals surface area contributed by atoms with Crippen LogP contribution in [0.2, 0.25) is 0 Å². The van der Waals surface area contributed by atoms with E-state index in [4.69, 9.17) is 5.26 Å². The lowest BCUT2D eigenvalue weighted by Gasteiger charge is -2.16. The summed E-state index contributed by atoms with van der Waals surface area (Å²) < 4.78 is 68.6. The first-order valence-electron chi connectivity index (χ1n) is 5.32. The number of benzene rings is 1. The zero-order valence-electron chi connectivity index (χ0n) is 10.1. The summed E-state index contributed by atoms with van der Waals surface area (Å²) in [5.41, 5.74) is -4.64. The molecule has 108 valence electrons. The molecular weight excluding hydrogens is 285 g/mol. The average Bonchev–Trinajstić information content (AvgIpc) is 2.36. The Morgan fingerprint density at radius 2 is 2.00 bits per heavy atom. The number of nitrogens with zero attached hydrogens (tertiary/aromatic N) is 1. The maximum atomic E-state index is 12.8. The van der Waals surface area contributed by atoms with E-state index in [0.717, 1.165) is 0 Å². The summed E-state index contributed by atoms with van der Waals surface area (Å²) in [4.78, 5) is 11.5. The van der Waals surface area contributed by atoms with E-state index in [1.807, 2.05) is 0 Å². The number of carbonyl (C=O) groups is 1. The minimum atomic E-state index is -5.06. The Morgan fingerprint density at radius 1 is 1.40 bits per heavy atom. The summed E-state index contributed by atoms with van der Waals surface area (Å²) in [6.07, 6.45) is -8.40. The number of hydrogen-bond acceptors (Lipinski definition) is 3. The van der Waals surface area contributed by atoms with Gasteiger partial charge in [0.1, 0.15) is 0 Å². The van der Waals surface area contributed by atoms with Crippen molar-refractivity contribution >= 4 is 5.97 Å². The van der Waals surface area contributed by atoms with Crippen molar-refractivity contribution < 1.29 is 31.5 Å². The third-order valence-corrected chi connectivity index (χ3v) is 2.32. The van der Waals surface area contributed by atoms with E-state index in [0.29, 0.717) is 12.1 Å². The number of esters is 1. The van der Waals surface area contributed by atoms with Gasteiger partial charge in [-0.05, 0) is 19.1 Å². The summed E-state index contributed by atoms with van der Waals surface area (Å²) in [5.74, 6) is -1.50. The van der Waals surface area contributed by atoms with E-state index in [1.165, 1.54) is 13.0 Å². The lowest BCUT2D eigenvalue weighted by atomic mass is 9.97. The molecular formula is C12H8F5NO2. The van der Waals surface area contributed by atoms with Gasteiger partial charge >= 0.3 is 12.1 Å². The fourth-order valence-corrected chi connectivity index (χ4v) is 1.56. The van der Waals surface area contributed by atoms with Crippen molar-refractivity contribution in [2.45, 2.75) is 19.5 Å². The molecule has 0 radical (unpaired) electrons. The van der Waals surface area contributed by atoms with E-state index in [-0.39, 0.29) is 6.61 Å². The Hall–Kier alpha value is -2.17. The molecule has 0 aliphatic heterocycles. The van der Waals surface area contributed by atoms with Crippen molar-refractivity contribution in [1.29, 1.82) is 5.26 Å². The van der Waals surface area contributed by atoms with Crippen molar-refractivity contribution in [2.75, 3.05) is 6.61 Å². The quantitative estimate of drug-likeness (QED) is 0.631. The molecule has 0 spiro atoms. The lowest BCUT2D eigenvalue weighted by molar-refractivity contribution is -0.138. The number of halogens is 5. The zero-order chi connectivity index (χ0) is 15.5. The van der Waals surface area contributed by atoms with E-state index in [1.54, 1.807) is 0 Å². The Labute approximate surface area is 110 Å². The molecule has 1 aromatic carbocycles. The first-order chi connectivity index (χ1) is 9.22. The number of hydrogen-bond donors (Lipinski definition) is 0. The molecule has 0 unspecified atom stereocenters. The van der Waals surface area contributed by atoms with Gasteiger partial charge in [0.15, 0.2) is 0 Å². The molecule has 0 amide bonds. The van der Waals surface area contributed by atoms with Crippen molar-refractivity contribution in [3.8, 4) is 6.07 Å². The fourth-order valence-electron chi connectivity index (χ4n) is 1.56. The monoisotopic (exact) mass is 293 g/mol. The van der Waals surface area contributed by atoms with Gasteiger partial charge in [-0.1, -0.05) is 0 Å². The highest BCUT2D eigenvalue weighted by molar-refractivity contribution is 5.93. The molecule has 8 heteroatoms. The minimum Gasteiger partial charge on any atom is -0.462 e. The molecule has 0 atom stereocenters. The van der Waals surface area contributed by atoms with Crippen LogP contribution in [0.25, 0.3) is 0 Å². The Balaban J connectivity index is 3.66. The molecule has 0 aliphatic carbocycles. The van der Waals surface area contributed by atoms with Gasteiger partial charge in [-0.15, -0.1) is 0 Å². The van der Waals surface area contributed by atoms with Crippen LogP contribution in [0.5, 0.6) is 0 Å². The Kier molecular flexibility index (Phi) is 4.65. The van der Waals surface area contributed by atoms with Crippen LogP contribution in [-0.2, 0) is 10.9 Å². The second-order valence-electron chi connectivity index (χ2n) is 3.62. The highest BCUT2D eigenvalue weighted by Gasteiger charge is 2.39. The van der Waals surface area contributed by atoms with Gasteiger partial charge in [0.25, 0.3) is 6.43 Å². The van der Waals surface area contributed by atoms with Crippen molar-refractivity contribution in [1.82, 2.24) is 0 Å². The molecule has 20 heavy (non-hydrogen) atoms. The van der Waals surface area contributed by atoms with Crippen LogP contribution >= 0.6 is 0 Å². The first kappa shape index (κ1) is 15.9. The van der Waals surface area contributed by atoms with Gasteiger partial charge in [0, 0.05) is 5.56 Å². The van der Waals surface area contributed by atoms with E-state index in [9.17, 15) is 26.7 Å². The molecule has 0 saturated carbocycles. The molecule has 3 nitrogen and oxygen atoms in total. The first-order valence-corrected chi connectivity index (χ1v) is 5.32. The van der Waals surface area contributed by atoms with Crippen LogP contribution in [0.3, 0.4) is 0 Å². The molecule has 1 aromatic rings. The van der Waals surface area contributed by atoms with Gasteiger partial charge in [-0.25, -0.2) is 13.6 Å². The second-order valence-corrected chi connectivity index (χ2v) is 3.62. The van der Waals surface area contributed by atoms with Crippen LogP contribution in [0.1, 0.15) is 40.4 Å². The number of nitriles is 1. The summed E-state index contributed by atoms with van der Waals surface area (Å²) in [6, 6.07) is 2.24. The lowest BCUT2D eigenvalue weighted by Crippen LogP contribution is -2.18. The molecule has 0 aromatic heterocycles. The van der Waals surface area contributed by atoms with Crippen molar-refractivity contribution in [2.24, 2.45) is 0 Å². The third kappa shape index (κ3) is 3.23. The molecule has 0 fully saturated rings. The van der Waals surface area contributed by atoms with Crippen molar-refractivity contribution in [3.05, 3.63) is 34.4 Å². The third-order valence-electron chi connectivity index (χ3n) is 2.32. The fraction of sp³-hybridized carbons (Fsp3) is 0.333. The van der Waals surface area contributed by atoms with Crippen LogP contribution in [0.15, 0.2) is 12.1 Å². The zero-order valence-corrected chi connectivity index (χ0v) is 10.1. The van der Waals surface area contributed by atoms with Crippen LogP contribution in [-0.4, -0.2) is 12.6 Å². The summed E-state index contributed by atoms with van der Waals surface area (Å²) in [5, 5.41) is 8.59. The Morgan fingerprint density at radius 3 is 2.40 bits per heavy atom. The van der Waals surface area contributed by atoms with E-state index < -0.39 is 40.8 Å². The second kappa shape index (κ2) is 5.86. The van der Waals surface area contributed by atoms with Gasteiger partial charge in [-0.2, -0.15) is 18.4 Å². The van der Waals surface area contributed by atoms with Gasteiger partial charge in [0.2, 0.25) is 0 Å². The average molecular weight is 293 g/mol. The van der Waals surface area contributed by atoms with E-state index >= 15 is 0 Å². The number of alkyl halides is 5. The molecule has 0 bridgehead atoms. The molecule has 1 rings (SSSR count). The van der Waals surface area contributed by atoms with Crippen LogP contribution in [0, 0.1) is 11.3 Å². The largest absolute Gasteiger partial charge is 0.462 e. The number of carbonyl (C=O) groups excluding carboxylic acids is 1. The smallest absolute Gasteiger partial charge is 0.417 e. The van der Waals surface area contributed by atoms with Crippen LogP contribution in [0.4, 0.5) is 22.0 Å².